The van der Waals surface area contributed by atoms with Crippen molar-refractivity contribution in [2.24, 2.45) is 0 Å². The quantitative estimate of drug-likeness (QED) is 0.599. The van der Waals surface area contributed by atoms with E-state index in [0.29, 0.717) is 35.5 Å². The zero-order chi connectivity index (χ0) is 18.9. The molecule has 1 unspecified atom stereocenters. The van der Waals surface area contributed by atoms with Crippen LogP contribution in [0.25, 0.3) is 0 Å². The largest absolute Gasteiger partial charge is 0.367 e. The Bertz CT molecular complexity index is 712. The summed E-state index contributed by atoms with van der Waals surface area (Å²) in [6, 6.07) is 11.2. The summed E-state index contributed by atoms with van der Waals surface area (Å²) in [4.78, 5) is 18.3. The molecule has 1 aromatic heterocycles. The number of carbonyl (C=O) groups excluding carboxylic acids is 1. The molecule has 0 saturated carbocycles. The van der Waals surface area contributed by atoms with E-state index in [1.165, 1.54) is 6.20 Å². The summed E-state index contributed by atoms with van der Waals surface area (Å²) in [5.41, 5.74) is 1.06. The van der Waals surface area contributed by atoms with Gasteiger partial charge in [0.15, 0.2) is 0 Å². The number of nitrogens with one attached hydrogen (secondary N) is 3. The molecule has 2 rings (SSSR count). The molecule has 2 aromatic rings. The summed E-state index contributed by atoms with van der Waals surface area (Å²) < 4.78 is 0. The Balaban J connectivity index is 1.80. The summed E-state index contributed by atoms with van der Waals surface area (Å²) >= 11 is 11.9. The minimum absolute atomic E-state index is 0.0912. The van der Waals surface area contributed by atoms with E-state index >= 15 is 0 Å². The van der Waals surface area contributed by atoms with Crippen LogP contribution < -0.4 is 16.0 Å². The molecule has 0 aliphatic heterocycles. The third kappa shape index (κ3) is 6.71. The minimum Gasteiger partial charge on any atom is -0.367 e. The summed E-state index contributed by atoms with van der Waals surface area (Å²) in [6.45, 7) is 1.63. The van der Waals surface area contributed by atoms with Crippen molar-refractivity contribution in [2.75, 3.05) is 39.0 Å². The maximum Gasteiger partial charge on any atom is 0.315 e. The normalized spacial score (nSPS) is 11.9. The van der Waals surface area contributed by atoms with Gasteiger partial charge in [-0.1, -0.05) is 53.5 Å². The number of rotatable bonds is 8. The first-order chi connectivity index (χ1) is 12.5. The third-order valence-corrected chi connectivity index (χ3v) is 4.06. The van der Waals surface area contributed by atoms with E-state index in [0.717, 1.165) is 5.56 Å². The molecule has 3 N–H and O–H groups in total. The second-order valence-corrected chi connectivity index (χ2v) is 6.88. The van der Waals surface area contributed by atoms with Gasteiger partial charge in [0.1, 0.15) is 5.82 Å². The summed E-state index contributed by atoms with van der Waals surface area (Å²) in [5.74, 6) is 0.535. The maximum absolute atomic E-state index is 12.2. The van der Waals surface area contributed by atoms with Gasteiger partial charge in [-0.25, -0.2) is 9.78 Å². The molecular weight excluding hydrogens is 373 g/mol. The van der Waals surface area contributed by atoms with Crippen LogP contribution in [0, 0.1) is 0 Å². The Labute approximate surface area is 163 Å². The molecule has 0 aliphatic rings. The van der Waals surface area contributed by atoms with Gasteiger partial charge in [-0.05, 0) is 25.7 Å². The Morgan fingerprint density at radius 3 is 2.58 bits per heavy atom. The number of urea groups is 1. The number of hydrogen-bond acceptors (Lipinski definition) is 4. The number of aromatic nitrogens is 1. The van der Waals surface area contributed by atoms with Crippen LogP contribution in [-0.2, 0) is 0 Å². The molecule has 0 spiro atoms. The van der Waals surface area contributed by atoms with Gasteiger partial charge >= 0.3 is 6.03 Å². The highest BCUT2D eigenvalue weighted by molar-refractivity contribution is 6.35. The molecule has 1 heterocycles. The average molecular weight is 396 g/mol. The van der Waals surface area contributed by atoms with Gasteiger partial charge in [0, 0.05) is 25.8 Å². The zero-order valence-electron chi connectivity index (χ0n) is 14.8. The van der Waals surface area contributed by atoms with Gasteiger partial charge in [-0.3, -0.25) is 0 Å². The fourth-order valence-electron chi connectivity index (χ4n) is 2.40. The van der Waals surface area contributed by atoms with E-state index in [2.05, 4.69) is 20.9 Å². The molecular formula is C18H23Cl2N5O. The Kier molecular flexibility index (Phi) is 7.97. The molecule has 0 radical (unpaired) electrons. The molecule has 1 aromatic carbocycles. The van der Waals surface area contributed by atoms with E-state index in [9.17, 15) is 4.79 Å². The van der Waals surface area contributed by atoms with E-state index in [4.69, 9.17) is 23.2 Å². The number of amides is 2. The number of benzene rings is 1. The summed E-state index contributed by atoms with van der Waals surface area (Å²) in [6.07, 6.45) is 1.52. The van der Waals surface area contributed by atoms with Crippen molar-refractivity contribution in [3.05, 3.63) is 58.2 Å². The number of anilines is 1. The first-order valence-corrected chi connectivity index (χ1v) is 9.00. The van der Waals surface area contributed by atoms with E-state index in [1.54, 1.807) is 6.07 Å². The molecule has 0 fully saturated rings. The number of hydrogen-bond donors (Lipinski definition) is 3. The number of carbonyl (C=O) groups is 1. The molecule has 0 bridgehead atoms. The van der Waals surface area contributed by atoms with Gasteiger partial charge in [0.2, 0.25) is 0 Å². The van der Waals surface area contributed by atoms with Crippen molar-refractivity contribution in [2.45, 2.75) is 6.04 Å². The van der Waals surface area contributed by atoms with Crippen molar-refractivity contribution in [3.63, 3.8) is 0 Å². The van der Waals surface area contributed by atoms with Crippen LogP contribution in [0.2, 0.25) is 10.0 Å². The van der Waals surface area contributed by atoms with Gasteiger partial charge < -0.3 is 20.9 Å². The topological polar surface area (TPSA) is 69.3 Å². The summed E-state index contributed by atoms with van der Waals surface area (Å²) in [7, 11) is 3.95. The maximum atomic E-state index is 12.2. The molecule has 2 amide bonds. The fourth-order valence-corrected chi connectivity index (χ4v) is 2.84. The minimum atomic E-state index is -0.224. The van der Waals surface area contributed by atoms with Gasteiger partial charge in [-0.15, -0.1) is 0 Å². The second-order valence-electron chi connectivity index (χ2n) is 6.04. The monoisotopic (exact) mass is 395 g/mol. The fraction of sp³-hybridized carbons (Fsp3) is 0.333. The van der Waals surface area contributed by atoms with Crippen LogP contribution in [0.15, 0.2) is 42.6 Å². The Hall–Kier alpha value is -2.02. The second kappa shape index (κ2) is 10.2. The lowest BCUT2D eigenvalue weighted by molar-refractivity contribution is 0.233. The molecule has 1 atom stereocenters. The number of halogens is 2. The highest BCUT2D eigenvalue weighted by Gasteiger charge is 2.15. The third-order valence-electron chi connectivity index (χ3n) is 3.57. The molecule has 8 heteroatoms. The van der Waals surface area contributed by atoms with Crippen LogP contribution in [0.5, 0.6) is 0 Å². The predicted octanol–water partition coefficient (Wildman–Crippen LogP) is 3.40. The highest BCUT2D eigenvalue weighted by atomic mass is 35.5. The van der Waals surface area contributed by atoms with Gasteiger partial charge in [0.25, 0.3) is 0 Å². The lowest BCUT2D eigenvalue weighted by Crippen LogP contribution is -2.42. The first kappa shape index (κ1) is 20.3. The van der Waals surface area contributed by atoms with Crippen molar-refractivity contribution >= 4 is 35.1 Å². The average Bonchev–Trinajstić information content (AvgIpc) is 2.60. The van der Waals surface area contributed by atoms with Crippen LogP contribution in [0.4, 0.5) is 10.6 Å². The summed E-state index contributed by atoms with van der Waals surface area (Å²) in [5, 5.41) is 9.81. The van der Waals surface area contributed by atoms with Gasteiger partial charge in [-0.2, -0.15) is 0 Å². The molecule has 0 saturated heterocycles. The lowest BCUT2D eigenvalue weighted by Gasteiger charge is -2.23. The van der Waals surface area contributed by atoms with Crippen LogP contribution in [0.1, 0.15) is 11.6 Å². The lowest BCUT2D eigenvalue weighted by atomic mass is 10.1. The van der Waals surface area contributed by atoms with Gasteiger partial charge in [0.05, 0.1) is 16.1 Å². The molecule has 140 valence electrons. The molecule has 26 heavy (non-hydrogen) atoms. The van der Waals surface area contributed by atoms with Crippen molar-refractivity contribution in [1.29, 1.82) is 0 Å². The Morgan fingerprint density at radius 1 is 1.19 bits per heavy atom. The van der Waals surface area contributed by atoms with E-state index < -0.39 is 0 Å². The standard InChI is InChI=1S/C18H23Cl2N5O/c1-25(2)12-16(13-6-4-3-5-7-13)24-18(26)22-9-8-21-17-15(20)10-14(19)11-23-17/h3-7,10-11,16H,8-9,12H2,1-2H3,(H,21,23)(H2,22,24,26). The van der Waals surface area contributed by atoms with Crippen molar-refractivity contribution in [1.82, 2.24) is 20.5 Å². The highest BCUT2D eigenvalue weighted by Crippen LogP contribution is 2.22. The van der Waals surface area contributed by atoms with Crippen LogP contribution in [-0.4, -0.2) is 49.6 Å². The SMILES string of the molecule is CN(C)CC(NC(=O)NCCNc1ncc(Cl)cc1Cl)c1ccccc1. The molecule has 6 nitrogen and oxygen atoms in total. The van der Waals surface area contributed by atoms with Crippen LogP contribution >= 0.6 is 23.2 Å². The first-order valence-electron chi connectivity index (χ1n) is 8.24. The van der Waals surface area contributed by atoms with Crippen molar-refractivity contribution in [3.8, 4) is 0 Å². The number of likely N-dealkylation sites (N-methyl/N-ethyl adjacent to an activating group) is 1. The number of pyridine rings is 1. The number of nitrogens with zero attached hydrogens (tertiary/aromatic N) is 2. The zero-order valence-corrected chi connectivity index (χ0v) is 16.3. The van der Waals surface area contributed by atoms with Crippen molar-refractivity contribution < 1.29 is 4.79 Å². The Morgan fingerprint density at radius 2 is 1.92 bits per heavy atom. The predicted molar refractivity (Wildman–Crippen MR) is 107 cm³/mol. The smallest absolute Gasteiger partial charge is 0.315 e. The van der Waals surface area contributed by atoms with E-state index in [1.807, 2.05) is 49.3 Å². The van der Waals surface area contributed by atoms with E-state index in [-0.39, 0.29) is 12.1 Å². The molecule has 0 aliphatic carbocycles. The van der Waals surface area contributed by atoms with Crippen LogP contribution in [0.3, 0.4) is 0 Å².